The smallest absolute Gasteiger partial charge is 0.267 e. The molecule has 0 spiro atoms. The standard InChI is InChI=1S/C18H20BrN3O4S/c1-3-22(4-2)27(25,26)16-10-6-8-14(12-16)18(24)21-20-17(23)13-7-5-9-15(19)11-13/h5-12H,3-4H2,1-2H3,(H,20,23)(H,21,24). The molecule has 2 aromatic rings. The molecular weight excluding hydrogens is 434 g/mol. The van der Waals surface area contributed by atoms with Crippen LogP contribution in [0, 0.1) is 0 Å². The molecule has 0 atom stereocenters. The van der Waals surface area contributed by atoms with Crippen LogP contribution in [-0.2, 0) is 10.0 Å². The van der Waals surface area contributed by atoms with Crippen molar-refractivity contribution in [3.05, 3.63) is 64.1 Å². The van der Waals surface area contributed by atoms with E-state index in [4.69, 9.17) is 0 Å². The van der Waals surface area contributed by atoms with Crippen molar-refractivity contribution < 1.29 is 18.0 Å². The van der Waals surface area contributed by atoms with Gasteiger partial charge in [0.05, 0.1) is 4.90 Å². The number of nitrogens with one attached hydrogen (secondary N) is 2. The number of carbonyl (C=O) groups is 2. The summed E-state index contributed by atoms with van der Waals surface area (Å²) in [7, 11) is -3.68. The molecule has 0 bridgehead atoms. The molecule has 9 heteroatoms. The molecule has 2 N–H and O–H groups in total. The molecular formula is C18H20BrN3O4S. The second-order valence-electron chi connectivity index (χ2n) is 5.54. The fourth-order valence-electron chi connectivity index (χ4n) is 2.40. The molecule has 2 amide bonds. The van der Waals surface area contributed by atoms with Crippen molar-refractivity contribution in [1.82, 2.24) is 15.2 Å². The quantitative estimate of drug-likeness (QED) is 0.656. The largest absolute Gasteiger partial charge is 0.269 e. The molecule has 0 radical (unpaired) electrons. The number of rotatable bonds is 6. The van der Waals surface area contributed by atoms with Crippen LogP contribution < -0.4 is 10.9 Å². The van der Waals surface area contributed by atoms with Crippen LogP contribution >= 0.6 is 15.9 Å². The molecule has 0 aliphatic carbocycles. The fourth-order valence-corrected chi connectivity index (χ4v) is 4.30. The topological polar surface area (TPSA) is 95.6 Å². The lowest BCUT2D eigenvalue weighted by Gasteiger charge is -2.18. The normalized spacial score (nSPS) is 11.3. The van der Waals surface area contributed by atoms with E-state index in [1.165, 1.54) is 28.6 Å². The molecule has 7 nitrogen and oxygen atoms in total. The molecule has 27 heavy (non-hydrogen) atoms. The summed E-state index contributed by atoms with van der Waals surface area (Å²) >= 11 is 3.27. The van der Waals surface area contributed by atoms with Gasteiger partial charge in [0, 0.05) is 28.7 Å². The number of hydrogen-bond acceptors (Lipinski definition) is 4. The number of hydrazine groups is 1. The van der Waals surface area contributed by atoms with Gasteiger partial charge in [0.1, 0.15) is 0 Å². The summed E-state index contributed by atoms with van der Waals surface area (Å²) in [6.45, 7) is 4.15. The van der Waals surface area contributed by atoms with Gasteiger partial charge in [-0.15, -0.1) is 0 Å². The fraction of sp³-hybridized carbons (Fsp3) is 0.222. The Balaban J connectivity index is 2.12. The maximum Gasteiger partial charge on any atom is 0.269 e. The van der Waals surface area contributed by atoms with E-state index in [9.17, 15) is 18.0 Å². The van der Waals surface area contributed by atoms with Crippen molar-refractivity contribution in [1.29, 1.82) is 0 Å². The number of amides is 2. The highest BCUT2D eigenvalue weighted by Gasteiger charge is 2.22. The van der Waals surface area contributed by atoms with Gasteiger partial charge in [-0.1, -0.05) is 41.9 Å². The summed E-state index contributed by atoms with van der Waals surface area (Å²) in [4.78, 5) is 24.4. The average Bonchev–Trinajstić information content (AvgIpc) is 2.66. The van der Waals surface area contributed by atoms with Gasteiger partial charge in [0.2, 0.25) is 10.0 Å². The number of halogens is 1. The number of hydrogen-bond donors (Lipinski definition) is 2. The number of carbonyl (C=O) groups excluding carboxylic acids is 2. The predicted octanol–water partition coefficient (Wildman–Crippen LogP) is 2.55. The molecule has 0 fully saturated rings. The van der Waals surface area contributed by atoms with Crippen LogP contribution in [0.4, 0.5) is 0 Å². The van der Waals surface area contributed by atoms with Crippen LogP contribution in [0.5, 0.6) is 0 Å². The highest BCUT2D eigenvalue weighted by atomic mass is 79.9. The monoisotopic (exact) mass is 453 g/mol. The highest BCUT2D eigenvalue weighted by Crippen LogP contribution is 2.17. The van der Waals surface area contributed by atoms with Crippen LogP contribution in [0.25, 0.3) is 0 Å². The van der Waals surface area contributed by atoms with Gasteiger partial charge in [-0.2, -0.15) is 4.31 Å². The first kappa shape index (κ1) is 21.1. The van der Waals surface area contributed by atoms with E-state index in [1.54, 1.807) is 38.1 Å². The minimum atomic E-state index is -3.68. The Hall–Kier alpha value is -2.23. The van der Waals surface area contributed by atoms with Crippen LogP contribution in [0.3, 0.4) is 0 Å². The highest BCUT2D eigenvalue weighted by molar-refractivity contribution is 9.10. The van der Waals surface area contributed by atoms with Crippen molar-refractivity contribution in [3.8, 4) is 0 Å². The van der Waals surface area contributed by atoms with Crippen LogP contribution in [0.15, 0.2) is 57.9 Å². The van der Waals surface area contributed by atoms with Gasteiger partial charge in [-0.3, -0.25) is 20.4 Å². The predicted molar refractivity (Wildman–Crippen MR) is 106 cm³/mol. The van der Waals surface area contributed by atoms with Gasteiger partial charge in [0.15, 0.2) is 0 Å². The van der Waals surface area contributed by atoms with Crippen molar-refractivity contribution in [2.24, 2.45) is 0 Å². The number of benzene rings is 2. The second kappa shape index (κ2) is 9.12. The molecule has 0 aliphatic rings. The minimum absolute atomic E-state index is 0.0252. The van der Waals surface area contributed by atoms with Crippen LogP contribution in [0.2, 0.25) is 0 Å². The van der Waals surface area contributed by atoms with Crippen molar-refractivity contribution in [2.45, 2.75) is 18.7 Å². The molecule has 0 saturated heterocycles. The molecule has 2 aromatic carbocycles. The Morgan fingerprint density at radius 2 is 1.44 bits per heavy atom. The molecule has 0 saturated carbocycles. The van der Waals surface area contributed by atoms with Gasteiger partial charge in [0.25, 0.3) is 11.8 Å². The third kappa shape index (κ3) is 5.15. The summed E-state index contributed by atoms with van der Waals surface area (Å²) in [6.07, 6.45) is 0. The van der Waals surface area contributed by atoms with Crippen LogP contribution in [0.1, 0.15) is 34.6 Å². The zero-order valence-electron chi connectivity index (χ0n) is 14.9. The van der Waals surface area contributed by atoms with E-state index in [2.05, 4.69) is 26.8 Å². The van der Waals surface area contributed by atoms with Crippen molar-refractivity contribution in [3.63, 3.8) is 0 Å². The third-order valence-electron chi connectivity index (χ3n) is 3.82. The van der Waals surface area contributed by atoms with Gasteiger partial charge < -0.3 is 0 Å². The second-order valence-corrected chi connectivity index (χ2v) is 8.39. The summed E-state index contributed by atoms with van der Waals surface area (Å²) < 4.78 is 27.2. The van der Waals surface area contributed by atoms with E-state index in [0.717, 1.165) is 4.47 Å². The maximum atomic E-state index is 12.6. The minimum Gasteiger partial charge on any atom is -0.267 e. The van der Waals surface area contributed by atoms with Crippen LogP contribution in [-0.4, -0.2) is 37.6 Å². The molecule has 144 valence electrons. The lowest BCUT2D eigenvalue weighted by Crippen LogP contribution is -2.41. The zero-order valence-corrected chi connectivity index (χ0v) is 17.3. The lowest BCUT2D eigenvalue weighted by atomic mass is 10.2. The number of sulfonamides is 1. The molecule has 0 unspecified atom stereocenters. The van der Waals surface area contributed by atoms with Gasteiger partial charge in [-0.05, 0) is 36.4 Å². The summed E-state index contributed by atoms with van der Waals surface area (Å²) in [5, 5.41) is 0. The van der Waals surface area contributed by atoms with E-state index in [1.807, 2.05) is 0 Å². The molecule has 2 rings (SSSR count). The molecule has 0 heterocycles. The first-order valence-corrected chi connectivity index (χ1v) is 10.5. The zero-order chi connectivity index (χ0) is 20.0. The third-order valence-corrected chi connectivity index (χ3v) is 6.35. The maximum absolute atomic E-state index is 12.6. The molecule has 0 aliphatic heterocycles. The van der Waals surface area contributed by atoms with Crippen molar-refractivity contribution >= 4 is 37.8 Å². The van der Waals surface area contributed by atoms with Gasteiger partial charge >= 0.3 is 0 Å². The van der Waals surface area contributed by atoms with Gasteiger partial charge in [-0.25, -0.2) is 8.42 Å². The Kier molecular flexibility index (Phi) is 7.11. The van der Waals surface area contributed by atoms with E-state index in [0.29, 0.717) is 18.7 Å². The SMILES string of the molecule is CCN(CC)S(=O)(=O)c1cccc(C(=O)NNC(=O)c2cccc(Br)c2)c1. The van der Waals surface area contributed by atoms with E-state index < -0.39 is 21.8 Å². The average molecular weight is 454 g/mol. The lowest BCUT2D eigenvalue weighted by molar-refractivity contribution is 0.0846. The van der Waals surface area contributed by atoms with E-state index >= 15 is 0 Å². The first-order valence-electron chi connectivity index (χ1n) is 8.26. The summed E-state index contributed by atoms with van der Waals surface area (Å²) in [5.74, 6) is -1.11. The first-order chi connectivity index (χ1) is 12.8. The number of nitrogens with zero attached hydrogens (tertiary/aromatic N) is 1. The Morgan fingerprint density at radius 1 is 0.926 bits per heavy atom. The Morgan fingerprint density at radius 3 is 1.96 bits per heavy atom. The Bertz CT molecular complexity index is 943. The molecule has 0 aromatic heterocycles. The summed E-state index contributed by atoms with van der Waals surface area (Å²) in [5.41, 5.74) is 5.09. The van der Waals surface area contributed by atoms with Crippen molar-refractivity contribution in [2.75, 3.05) is 13.1 Å². The Labute approximate surface area is 166 Å². The summed E-state index contributed by atoms with van der Waals surface area (Å²) in [6, 6.07) is 12.4. The van der Waals surface area contributed by atoms with E-state index in [-0.39, 0.29) is 10.5 Å².